The number of nitrogens with zero attached hydrogens (tertiary/aromatic N) is 4. The minimum atomic E-state index is -3.84. The van der Waals surface area contributed by atoms with Crippen LogP contribution >= 0.6 is 11.5 Å². The summed E-state index contributed by atoms with van der Waals surface area (Å²) in [6.45, 7) is 1.50. The van der Waals surface area contributed by atoms with Gasteiger partial charge in [-0.3, -0.25) is 0 Å². The van der Waals surface area contributed by atoms with Crippen molar-refractivity contribution >= 4 is 26.7 Å². The van der Waals surface area contributed by atoms with Crippen LogP contribution in [0.4, 0.5) is 13.9 Å². The van der Waals surface area contributed by atoms with Crippen LogP contribution in [0.2, 0.25) is 0 Å². The van der Waals surface area contributed by atoms with Crippen molar-refractivity contribution in [2.24, 2.45) is 0 Å². The lowest BCUT2D eigenvalue weighted by atomic mass is 10.3. The second kappa shape index (κ2) is 6.26. The minimum Gasteiger partial charge on any atom is -0.344 e. The summed E-state index contributed by atoms with van der Waals surface area (Å²) in [4.78, 5) is 6.32. The van der Waals surface area contributed by atoms with Gasteiger partial charge in [0.2, 0.25) is 15.2 Å². The van der Waals surface area contributed by atoms with Gasteiger partial charge in [-0.25, -0.2) is 22.2 Å². The number of benzene rings is 1. The van der Waals surface area contributed by atoms with Crippen molar-refractivity contribution in [2.75, 3.05) is 31.1 Å². The number of hydrogen-bond acceptors (Lipinski definition) is 6. The number of rotatable bonds is 4. The molecule has 6 nitrogen and oxygen atoms in total. The van der Waals surface area contributed by atoms with E-state index >= 15 is 0 Å². The number of hydrogen-bond donors (Lipinski definition) is 0. The van der Waals surface area contributed by atoms with Crippen LogP contribution < -0.4 is 4.90 Å². The molecular formula is C15H16F2N4O2S2. The van der Waals surface area contributed by atoms with Crippen molar-refractivity contribution < 1.29 is 17.2 Å². The molecule has 0 bridgehead atoms. The van der Waals surface area contributed by atoms with Gasteiger partial charge in [0.25, 0.3) is 0 Å². The van der Waals surface area contributed by atoms with Gasteiger partial charge >= 0.3 is 0 Å². The first-order chi connectivity index (χ1) is 11.9. The third-order valence-corrected chi connectivity index (χ3v) is 7.10. The molecule has 1 aromatic carbocycles. The molecule has 25 heavy (non-hydrogen) atoms. The van der Waals surface area contributed by atoms with E-state index in [0.29, 0.717) is 19.0 Å². The molecule has 0 radical (unpaired) electrons. The average Bonchev–Trinajstić information content (AvgIpc) is 3.34. The topological polar surface area (TPSA) is 66.4 Å². The summed E-state index contributed by atoms with van der Waals surface area (Å²) in [5, 5.41) is 0.812. The summed E-state index contributed by atoms with van der Waals surface area (Å²) in [7, 11) is -3.84. The zero-order valence-corrected chi connectivity index (χ0v) is 14.9. The molecule has 1 saturated heterocycles. The second-order valence-corrected chi connectivity index (χ2v) is 8.84. The summed E-state index contributed by atoms with van der Waals surface area (Å²) in [5.74, 6) is -0.857. The van der Waals surface area contributed by atoms with Crippen molar-refractivity contribution in [1.29, 1.82) is 0 Å². The Kier molecular flexibility index (Phi) is 4.20. The van der Waals surface area contributed by atoms with E-state index in [2.05, 4.69) is 9.36 Å². The molecule has 2 aromatic rings. The highest BCUT2D eigenvalue weighted by Crippen LogP contribution is 2.39. The molecule has 0 N–H and O–H groups in total. The van der Waals surface area contributed by atoms with Crippen molar-refractivity contribution in [1.82, 2.24) is 13.7 Å². The van der Waals surface area contributed by atoms with Crippen LogP contribution in [0.15, 0.2) is 23.1 Å². The molecule has 2 heterocycles. The molecule has 0 amide bonds. The van der Waals surface area contributed by atoms with Crippen molar-refractivity contribution in [3.8, 4) is 0 Å². The highest BCUT2D eigenvalue weighted by molar-refractivity contribution is 7.89. The maximum absolute atomic E-state index is 13.4. The highest BCUT2D eigenvalue weighted by atomic mass is 32.2. The molecule has 0 atom stereocenters. The first-order valence-corrected chi connectivity index (χ1v) is 10.2. The summed E-state index contributed by atoms with van der Waals surface area (Å²) < 4.78 is 57.2. The normalized spacial score (nSPS) is 19.4. The fraction of sp³-hybridized carbons (Fsp3) is 0.467. The summed E-state index contributed by atoms with van der Waals surface area (Å²) >= 11 is 1.34. The molecular weight excluding hydrogens is 370 g/mol. The SMILES string of the molecule is O=S(=O)(c1ccc(F)c(F)c1)N1CCN(c2nc(C3CC3)ns2)CC1. The number of anilines is 1. The Balaban J connectivity index is 1.45. The maximum atomic E-state index is 13.4. The molecule has 0 spiro atoms. The van der Waals surface area contributed by atoms with E-state index < -0.39 is 21.7 Å². The number of sulfonamides is 1. The highest BCUT2D eigenvalue weighted by Gasteiger charge is 2.32. The van der Waals surface area contributed by atoms with Gasteiger partial charge in [-0.15, -0.1) is 0 Å². The largest absolute Gasteiger partial charge is 0.344 e. The lowest BCUT2D eigenvalue weighted by Gasteiger charge is -2.33. The zero-order valence-electron chi connectivity index (χ0n) is 13.2. The second-order valence-electron chi connectivity index (χ2n) is 6.18. The Morgan fingerprint density at radius 2 is 1.80 bits per heavy atom. The third kappa shape index (κ3) is 3.25. The van der Waals surface area contributed by atoms with Crippen LogP contribution in [0.25, 0.3) is 0 Å². The molecule has 2 fully saturated rings. The zero-order chi connectivity index (χ0) is 17.6. The van der Waals surface area contributed by atoms with Crippen LogP contribution in [-0.2, 0) is 10.0 Å². The summed E-state index contributed by atoms with van der Waals surface area (Å²) in [6.07, 6.45) is 2.27. The van der Waals surface area contributed by atoms with Gasteiger partial charge in [0, 0.05) is 43.6 Å². The van der Waals surface area contributed by atoms with E-state index in [-0.39, 0.29) is 18.0 Å². The fourth-order valence-corrected chi connectivity index (χ4v) is 5.00. The van der Waals surface area contributed by atoms with Gasteiger partial charge in [-0.2, -0.15) is 8.68 Å². The van der Waals surface area contributed by atoms with Crippen molar-refractivity contribution in [3.05, 3.63) is 35.7 Å². The van der Waals surface area contributed by atoms with Gasteiger partial charge in [0.15, 0.2) is 11.6 Å². The molecule has 10 heteroatoms. The number of aromatic nitrogens is 2. The van der Waals surface area contributed by atoms with E-state index in [1.54, 1.807) is 0 Å². The third-order valence-electron chi connectivity index (χ3n) is 4.41. The van der Waals surface area contributed by atoms with Crippen LogP contribution in [0.5, 0.6) is 0 Å². The van der Waals surface area contributed by atoms with Gasteiger partial charge in [0.1, 0.15) is 5.82 Å². The Morgan fingerprint density at radius 3 is 2.44 bits per heavy atom. The number of piperazine rings is 1. The molecule has 1 aliphatic heterocycles. The standard InChI is InChI=1S/C15H16F2N4O2S2/c16-12-4-3-11(9-13(12)17)25(22,23)21-7-5-20(6-8-21)15-18-14(19-24-15)10-1-2-10/h3-4,9-10H,1-2,5-8H2. The van der Waals surface area contributed by atoms with Crippen LogP contribution in [0, 0.1) is 11.6 Å². The molecule has 2 aliphatic rings. The van der Waals surface area contributed by atoms with Crippen molar-refractivity contribution in [3.63, 3.8) is 0 Å². The van der Waals surface area contributed by atoms with Crippen LogP contribution in [-0.4, -0.2) is 48.3 Å². The quantitative estimate of drug-likeness (QED) is 0.806. The lowest BCUT2D eigenvalue weighted by molar-refractivity contribution is 0.384. The fourth-order valence-electron chi connectivity index (χ4n) is 2.77. The number of halogens is 2. The Hall–Kier alpha value is -1.65. The maximum Gasteiger partial charge on any atom is 0.243 e. The average molecular weight is 386 g/mol. The van der Waals surface area contributed by atoms with Gasteiger partial charge in [-0.1, -0.05) is 0 Å². The monoisotopic (exact) mass is 386 g/mol. The molecule has 1 aliphatic carbocycles. The van der Waals surface area contributed by atoms with Crippen LogP contribution in [0.1, 0.15) is 24.6 Å². The summed E-state index contributed by atoms with van der Waals surface area (Å²) in [6, 6.07) is 2.65. The van der Waals surface area contributed by atoms with Gasteiger partial charge in [-0.05, 0) is 31.0 Å². The smallest absolute Gasteiger partial charge is 0.243 e. The predicted octanol–water partition coefficient (Wildman–Crippen LogP) is 2.20. The lowest BCUT2D eigenvalue weighted by Crippen LogP contribution is -2.48. The Labute approximate surface area is 148 Å². The molecule has 4 rings (SSSR count). The molecule has 134 valence electrons. The summed E-state index contributed by atoms with van der Waals surface area (Å²) in [5.41, 5.74) is 0. The first kappa shape index (κ1) is 16.8. The molecule has 0 unspecified atom stereocenters. The van der Waals surface area contributed by atoms with E-state index in [1.807, 2.05) is 4.90 Å². The van der Waals surface area contributed by atoms with E-state index in [4.69, 9.17) is 0 Å². The van der Waals surface area contributed by atoms with Crippen LogP contribution in [0.3, 0.4) is 0 Å². The van der Waals surface area contributed by atoms with E-state index in [0.717, 1.165) is 42.0 Å². The minimum absolute atomic E-state index is 0.230. The van der Waals surface area contributed by atoms with Gasteiger partial charge < -0.3 is 4.90 Å². The Morgan fingerprint density at radius 1 is 1.08 bits per heavy atom. The van der Waals surface area contributed by atoms with Crippen molar-refractivity contribution in [2.45, 2.75) is 23.7 Å². The van der Waals surface area contributed by atoms with Gasteiger partial charge in [0.05, 0.1) is 4.90 Å². The molecule has 1 saturated carbocycles. The van der Waals surface area contributed by atoms with E-state index in [1.165, 1.54) is 15.8 Å². The van der Waals surface area contributed by atoms with E-state index in [9.17, 15) is 17.2 Å². The first-order valence-electron chi connectivity index (χ1n) is 7.99. The molecule has 1 aromatic heterocycles. The predicted molar refractivity (Wildman–Crippen MR) is 89.2 cm³/mol. The Bertz CT molecular complexity index is 891.